The molecule has 0 atom stereocenters. The first kappa shape index (κ1) is 19.5. The highest BCUT2D eigenvalue weighted by Gasteiger charge is 2.26. The van der Waals surface area contributed by atoms with Gasteiger partial charge in [0.1, 0.15) is 17.8 Å². The third-order valence-corrected chi connectivity index (χ3v) is 6.08. The highest BCUT2D eigenvalue weighted by Crippen LogP contribution is 2.26. The lowest BCUT2D eigenvalue weighted by atomic mass is 10.1. The summed E-state index contributed by atoms with van der Waals surface area (Å²) >= 11 is 0. The molecule has 3 aromatic rings. The summed E-state index contributed by atoms with van der Waals surface area (Å²) in [7, 11) is -3.56. The Labute approximate surface area is 188 Å². The second-order valence-electron chi connectivity index (χ2n) is 7.81. The number of likely N-dealkylation sites (tertiary alicyclic amines) is 1. The molecule has 32 heavy (non-hydrogen) atoms. The van der Waals surface area contributed by atoms with Gasteiger partial charge in [0.25, 0.3) is 0 Å². The molecule has 0 N–H and O–H groups in total. The number of nitrogens with zero attached hydrogens (tertiary/aromatic N) is 5. The summed E-state index contributed by atoms with van der Waals surface area (Å²) < 4.78 is 52.9. The van der Waals surface area contributed by atoms with Crippen molar-refractivity contribution in [3.05, 3.63) is 36.7 Å². The van der Waals surface area contributed by atoms with Gasteiger partial charge in [-0.3, -0.25) is 0 Å². The highest BCUT2D eigenvalue weighted by atomic mass is 32.2. The van der Waals surface area contributed by atoms with E-state index < -0.39 is 9.84 Å². The van der Waals surface area contributed by atoms with E-state index in [2.05, 4.69) is 15.1 Å². The Morgan fingerprint density at radius 1 is 1.22 bits per heavy atom. The molecule has 0 spiro atoms. The summed E-state index contributed by atoms with van der Waals surface area (Å²) in [4.78, 5) is 22.1. The standard InChI is InChI=1S/C21H25N5O5S/c1-14(2)30-21(27)25-10-8-16(9-11-25)31-20-18-12-24-26(19(18)22-13-23-20)15-4-6-17(7-5-15)32(3,28)29/h4-7,12-14,16H,8-11H2,1-3H3/i4T,5T. The molecule has 2 aromatic heterocycles. The number of hydrogen-bond acceptors (Lipinski definition) is 8. The maximum absolute atomic E-state index is 12.1. The number of fused-ring (bicyclic) bond motifs is 1. The fourth-order valence-corrected chi connectivity index (χ4v) is 3.92. The summed E-state index contributed by atoms with van der Waals surface area (Å²) in [6.07, 6.45) is 4.35. The smallest absolute Gasteiger partial charge is 0.410 e. The van der Waals surface area contributed by atoms with E-state index in [1.54, 1.807) is 4.90 Å². The number of carbonyl (C=O) groups is 1. The first-order valence-corrected chi connectivity index (χ1v) is 12.1. The van der Waals surface area contributed by atoms with Crippen molar-refractivity contribution in [3.63, 3.8) is 0 Å². The number of ether oxygens (including phenoxy) is 2. The van der Waals surface area contributed by atoms with E-state index in [-0.39, 0.29) is 41.0 Å². The lowest BCUT2D eigenvalue weighted by molar-refractivity contribution is 0.0511. The molecule has 0 bridgehead atoms. The van der Waals surface area contributed by atoms with Crippen LogP contribution in [0.15, 0.2) is 41.6 Å². The summed E-state index contributed by atoms with van der Waals surface area (Å²) in [5, 5.41) is 4.77. The Morgan fingerprint density at radius 3 is 2.53 bits per heavy atom. The van der Waals surface area contributed by atoms with Crippen LogP contribution in [0.4, 0.5) is 4.79 Å². The Bertz CT molecular complexity index is 1310. The molecule has 4 rings (SSSR count). The van der Waals surface area contributed by atoms with Crippen LogP contribution in [0.3, 0.4) is 0 Å². The fraction of sp³-hybridized carbons (Fsp3) is 0.429. The Hall–Kier alpha value is -3.21. The molecule has 1 aliphatic rings. The largest absolute Gasteiger partial charge is 0.474 e. The molecule has 1 aliphatic heterocycles. The molecule has 1 saturated heterocycles. The van der Waals surface area contributed by atoms with Crippen molar-refractivity contribution in [1.82, 2.24) is 24.6 Å². The van der Waals surface area contributed by atoms with Gasteiger partial charge in [0.15, 0.2) is 15.5 Å². The molecule has 11 heteroatoms. The third-order valence-electron chi connectivity index (χ3n) is 4.99. The van der Waals surface area contributed by atoms with Gasteiger partial charge in [0, 0.05) is 32.2 Å². The van der Waals surface area contributed by atoms with E-state index in [1.165, 1.54) is 29.3 Å². The van der Waals surface area contributed by atoms with Gasteiger partial charge in [-0.2, -0.15) is 5.10 Å². The number of benzene rings is 1. The van der Waals surface area contributed by atoms with E-state index in [4.69, 9.17) is 12.2 Å². The number of amides is 1. The van der Waals surface area contributed by atoms with Crippen LogP contribution in [0.25, 0.3) is 16.7 Å². The van der Waals surface area contributed by atoms with Crippen molar-refractivity contribution >= 4 is 27.0 Å². The molecule has 0 unspecified atom stereocenters. The zero-order valence-corrected chi connectivity index (χ0v) is 18.8. The van der Waals surface area contributed by atoms with Crippen molar-refractivity contribution in [2.24, 2.45) is 0 Å². The summed E-state index contributed by atoms with van der Waals surface area (Å²) in [5.41, 5.74) is 0.432. The molecule has 10 nitrogen and oxygen atoms in total. The van der Waals surface area contributed by atoms with Crippen LogP contribution in [-0.2, 0) is 14.6 Å². The van der Waals surface area contributed by atoms with E-state index in [9.17, 15) is 13.2 Å². The van der Waals surface area contributed by atoms with Crippen LogP contribution in [0.2, 0.25) is 0 Å². The molecule has 0 aliphatic carbocycles. The summed E-state index contributed by atoms with van der Waals surface area (Å²) in [6, 6.07) is 2.04. The zero-order chi connectivity index (χ0) is 24.6. The highest BCUT2D eigenvalue weighted by molar-refractivity contribution is 7.90. The van der Waals surface area contributed by atoms with Gasteiger partial charge in [-0.05, 0) is 38.1 Å². The van der Waals surface area contributed by atoms with Crippen LogP contribution >= 0.6 is 0 Å². The van der Waals surface area contributed by atoms with Gasteiger partial charge in [0.05, 0.1) is 25.6 Å². The van der Waals surface area contributed by atoms with E-state index >= 15 is 0 Å². The first-order chi connectivity index (χ1) is 16.0. The number of rotatable bonds is 5. The minimum atomic E-state index is -3.56. The van der Waals surface area contributed by atoms with Crippen LogP contribution in [0.1, 0.15) is 29.4 Å². The van der Waals surface area contributed by atoms with E-state index in [0.29, 0.717) is 42.8 Å². The predicted molar refractivity (Wildman–Crippen MR) is 117 cm³/mol. The van der Waals surface area contributed by atoms with Crippen LogP contribution in [0, 0.1) is 0 Å². The predicted octanol–water partition coefficient (Wildman–Crippen LogP) is 2.61. The van der Waals surface area contributed by atoms with E-state index in [1.807, 2.05) is 13.8 Å². The minimum Gasteiger partial charge on any atom is -0.474 e. The van der Waals surface area contributed by atoms with Crippen molar-refractivity contribution in [2.45, 2.75) is 43.8 Å². The number of hydrogen-bond donors (Lipinski definition) is 0. The topological polar surface area (TPSA) is 117 Å². The molecule has 1 fully saturated rings. The number of sulfone groups is 1. The van der Waals surface area contributed by atoms with Gasteiger partial charge in [-0.15, -0.1) is 0 Å². The van der Waals surface area contributed by atoms with Crippen LogP contribution in [-0.4, -0.2) is 70.7 Å². The zero-order valence-electron chi connectivity index (χ0n) is 20.0. The lowest BCUT2D eigenvalue weighted by Gasteiger charge is -2.31. The normalized spacial score (nSPS) is 16.2. The third kappa shape index (κ3) is 4.67. The molecule has 1 aromatic carbocycles. The lowest BCUT2D eigenvalue weighted by Crippen LogP contribution is -2.42. The van der Waals surface area contributed by atoms with Crippen molar-refractivity contribution in [1.29, 1.82) is 0 Å². The molecule has 170 valence electrons. The Kier molecular flexibility index (Phi) is 5.31. The molecular weight excluding hydrogens is 434 g/mol. The Morgan fingerprint density at radius 2 is 1.91 bits per heavy atom. The maximum atomic E-state index is 12.1. The van der Waals surface area contributed by atoms with Gasteiger partial charge >= 0.3 is 6.09 Å². The van der Waals surface area contributed by atoms with Crippen molar-refractivity contribution in [3.8, 4) is 11.6 Å². The SMILES string of the molecule is [3H]c1cc(S(C)(=O)=O)cc([3H])c1-n1ncc2c(OC3CCN(C(=O)OC(C)C)CC3)ncnc21. The van der Waals surface area contributed by atoms with Gasteiger partial charge in [0.2, 0.25) is 5.88 Å². The molecule has 0 saturated carbocycles. The quantitative estimate of drug-likeness (QED) is 0.567. The van der Waals surface area contributed by atoms with Crippen molar-refractivity contribution < 1.29 is 25.4 Å². The number of carbonyl (C=O) groups excluding carboxylic acids is 1. The average molecular weight is 464 g/mol. The molecule has 3 heterocycles. The molecule has 0 radical (unpaired) electrons. The van der Waals surface area contributed by atoms with Gasteiger partial charge < -0.3 is 14.4 Å². The molecule has 1 amide bonds. The summed E-state index contributed by atoms with van der Waals surface area (Å²) in [5.74, 6) is 0.310. The molecular formula is C21H25N5O5S. The fourth-order valence-electron chi connectivity index (χ4n) is 3.37. The Balaban J connectivity index is 1.57. The average Bonchev–Trinajstić information content (AvgIpc) is 3.17. The maximum Gasteiger partial charge on any atom is 0.410 e. The van der Waals surface area contributed by atoms with E-state index in [0.717, 1.165) is 6.26 Å². The summed E-state index contributed by atoms with van der Waals surface area (Å²) in [6.45, 7) is 4.62. The number of piperidine rings is 1. The monoisotopic (exact) mass is 463 g/mol. The number of aromatic nitrogens is 4. The minimum absolute atomic E-state index is 0.101. The first-order valence-electron chi connectivity index (χ1n) is 11.2. The second kappa shape index (κ2) is 8.73. The van der Waals surface area contributed by atoms with Gasteiger partial charge in [-0.1, -0.05) is 0 Å². The van der Waals surface area contributed by atoms with Crippen LogP contribution in [0.5, 0.6) is 5.88 Å². The van der Waals surface area contributed by atoms with Gasteiger partial charge in [-0.25, -0.2) is 27.9 Å². The second-order valence-corrected chi connectivity index (χ2v) is 9.83. The van der Waals surface area contributed by atoms with Crippen LogP contribution < -0.4 is 4.74 Å². The van der Waals surface area contributed by atoms with Crippen molar-refractivity contribution in [2.75, 3.05) is 19.3 Å².